The van der Waals surface area contributed by atoms with E-state index in [1.165, 1.54) is 37.3 Å². The van der Waals surface area contributed by atoms with Gasteiger partial charge in [-0.3, -0.25) is 9.59 Å². The van der Waals surface area contributed by atoms with Gasteiger partial charge in [-0.05, 0) is 11.4 Å². The molecule has 1 heterocycles. The molecule has 116 valence electrons. The molecule has 0 aliphatic heterocycles. The second-order valence-corrected chi connectivity index (χ2v) is 6.09. The number of nitrogens with one attached hydrogen (secondary N) is 1. The maximum absolute atomic E-state index is 11.8. The lowest BCUT2D eigenvalue weighted by Crippen LogP contribution is -2.19. The summed E-state index contributed by atoms with van der Waals surface area (Å²) in [5, 5.41) is 4.36. The molecule has 1 N–H and O–H groups in total. The Morgan fingerprint density at radius 2 is 2.05 bits per heavy atom. The van der Waals surface area contributed by atoms with Gasteiger partial charge in [-0.15, -0.1) is 11.3 Å². The van der Waals surface area contributed by atoms with Crippen molar-refractivity contribution in [3.05, 3.63) is 16.3 Å². The molecule has 8 heteroatoms. The summed E-state index contributed by atoms with van der Waals surface area (Å²) < 4.78 is 9.24. The number of hydrogen-bond donors (Lipinski definition) is 1. The van der Waals surface area contributed by atoms with Crippen molar-refractivity contribution in [1.29, 1.82) is 0 Å². The molecule has 1 aromatic heterocycles. The van der Waals surface area contributed by atoms with Gasteiger partial charge in [0.1, 0.15) is 4.88 Å². The number of carbonyl (C=O) groups excluding carboxylic acids is 3. The number of rotatable bonds is 7. The van der Waals surface area contributed by atoms with Crippen LogP contribution in [0.15, 0.2) is 11.4 Å². The fourth-order valence-corrected chi connectivity index (χ4v) is 3.07. The molecule has 1 atom stereocenters. The van der Waals surface area contributed by atoms with E-state index < -0.39 is 5.97 Å². The van der Waals surface area contributed by atoms with Crippen molar-refractivity contribution in [2.45, 2.75) is 6.92 Å². The molecule has 0 aliphatic rings. The van der Waals surface area contributed by atoms with Crippen molar-refractivity contribution in [2.24, 2.45) is 5.92 Å². The third-order valence-electron chi connectivity index (χ3n) is 2.51. The van der Waals surface area contributed by atoms with Gasteiger partial charge in [0.05, 0.1) is 31.6 Å². The van der Waals surface area contributed by atoms with E-state index in [-0.39, 0.29) is 23.5 Å². The molecule has 1 aromatic rings. The lowest BCUT2D eigenvalue weighted by atomic mass is 10.2. The normalized spacial score (nSPS) is 11.6. The van der Waals surface area contributed by atoms with Gasteiger partial charge in [0.25, 0.3) is 0 Å². The van der Waals surface area contributed by atoms with Crippen molar-refractivity contribution < 1.29 is 23.9 Å². The molecule has 0 radical (unpaired) electrons. The van der Waals surface area contributed by atoms with Crippen LogP contribution in [0.1, 0.15) is 16.6 Å². The zero-order valence-corrected chi connectivity index (χ0v) is 13.6. The van der Waals surface area contributed by atoms with Crippen molar-refractivity contribution in [2.75, 3.05) is 31.0 Å². The molecule has 0 bridgehead atoms. The van der Waals surface area contributed by atoms with E-state index in [1.807, 2.05) is 0 Å². The largest absolute Gasteiger partial charge is 0.469 e. The van der Waals surface area contributed by atoms with Gasteiger partial charge >= 0.3 is 11.9 Å². The zero-order chi connectivity index (χ0) is 15.8. The summed E-state index contributed by atoms with van der Waals surface area (Å²) in [6.45, 7) is 1.74. The van der Waals surface area contributed by atoms with Crippen LogP contribution < -0.4 is 5.32 Å². The molecule has 0 saturated carbocycles. The van der Waals surface area contributed by atoms with E-state index in [1.54, 1.807) is 18.4 Å². The standard InChI is InChI=1S/C13H17NO5S2/c1-8(12(16)18-2)6-20-7-10(15)14-9-4-5-21-11(9)13(17)19-3/h4-5,8H,6-7H2,1-3H3,(H,14,15). The summed E-state index contributed by atoms with van der Waals surface area (Å²) in [7, 11) is 2.62. The number of esters is 2. The molecular weight excluding hydrogens is 314 g/mol. The quantitative estimate of drug-likeness (QED) is 0.770. The van der Waals surface area contributed by atoms with E-state index in [0.717, 1.165) is 0 Å². The van der Waals surface area contributed by atoms with Crippen LogP contribution in [0.25, 0.3) is 0 Å². The number of thiophene rings is 1. The Bertz CT molecular complexity index is 514. The molecule has 0 spiro atoms. The molecular formula is C13H17NO5S2. The molecule has 1 amide bonds. The van der Waals surface area contributed by atoms with Crippen LogP contribution in [0, 0.1) is 5.92 Å². The molecule has 1 unspecified atom stereocenters. The van der Waals surface area contributed by atoms with E-state index >= 15 is 0 Å². The Hall–Kier alpha value is -1.54. The summed E-state index contributed by atoms with van der Waals surface area (Å²) in [6, 6.07) is 1.65. The highest BCUT2D eigenvalue weighted by Crippen LogP contribution is 2.23. The van der Waals surface area contributed by atoms with E-state index in [4.69, 9.17) is 0 Å². The number of carbonyl (C=O) groups is 3. The van der Waals surface area contributed by atoms with Gasteiger partial charge in [0.2, 0.25) is 5.91 Å². The van der Waals surface area contributed by atoms with Gasteiger partial charge in [-0.1, -0.05) is 6.92 Å². The van der Waals surface area contributed by atoms with Crippen LogP contribution in [0.4, 0.5) is 5.69 Å². The predicted octanol–water partition coefficient (Wildman–Crippen LogP) is 2.02. The first-order valence-corrected chi connectivity index (χ1v) is 8.14. The SMILES string of the molecule is COC(=O)c1sccc1NC(=O)CSCC(C)C(=O)OC. The Morgan fingerprint density at radius 1 is 1.33 bits per heavy atom. The van der Waals surface area contributed by atoms with Crippen LogP contribution in [0.3, 0.4) is 0 Å². The molecule has 0 aliphatic carbocycles. The Morgan fingerprint density at radius 3 is 2.67 bits per heavy atom. The minimum Gasteiger partial charge on any atom is -0.469 e. The fourth-order valence-electron chi connectivity index (χ4n) is 1.44. The number of ether oxygens (including phenoxy) is 2. The summed E-state index contributed by atoms with van der Waals surface area (Å²) >= 11 is 2.53. The predicted molar refractivity (Wildman–Crippen MR) is 82.8 cm³/mol. The number of amides is 1. The van der Waals surface area contributed by atoms with E-state index in [2.05, 4.69) is 14.8 Å². The van der Waals surface area contributed by atoms with E-state index in [9.17, 15) is 14.4 Å². The number of thioether (sulfide) groups is 1. The van der Waals surface area contributed by atoms with Crippen LogP contribution in [0.2, 0.25) is 0 Å². The minimum atomic E-state index is -0.479. The smallest absolute Gasteiger partial charge is 0.350 e. The van der Waals surface area contributed by atoms with Gasteiger partial charge in [0.15, 0.2) is 0 Å². The van der Waals surface area contributed by atoms with Gasteiger partial charge in [-0.2, -0.15) is 11.8 Å². The van der Waals surface area contributed by atoms with Gasteiger partial charge < -0.3 is 14.8 Å². The maximum atomic E-state index is 11.8. The fraction of sp³-hybridized carbons (Fsp3) is 0.462. The lowest BCUT2D eigenvalue weighted by molar-refractivity contribution is -0.144. The molecule has 6 nitrogen and oxygen atoms in total. The third-order valence-corrected chi connectivity index (χ3v) is 4.61. The number of anilines is 1. The molecule has 21 heavy (non-hydrogen) atoms. The summed E-state index contributed by atoms with van der Waals surface area (Å²) in [6.07, 6.45) is 0. The molecule has 0 fully saturated rings. The van der Waals surface area contributed by atoms with Gasteiger partial charge in [-0.25, -0.2) is 4.79 Å². The highest BCUT2D eigenvalue weighted by Gasteiger charge is 2.17. The number of methoxy groups -OCH3 is 2. The minimum absolute atomic E-state index is 0.192. The van der Waals surface area contributed by atoms with Crippen LogP contribution in [-0.4, -0.2) is 43.6 Å². The lowest BCUT2D eigenvalue weighted by Gasteiger charge is -2.09. The molecule has 1 rings (SSSR count). The Balaban J connectivity index is 2.43. The number of hydrogen-bond acceptors (Lipinski definition) is 7. The van der Waals surface area contributed by atoms with Gasteiger partial charge in [0, 0.05) is 5.75 Å². The van der Waals surface area contributed by atoms with Crippen molar-refractivity contribution in [3.63, 3.8) is 0 Å². The van der Waals surface area contributed by atoms with Crippen molar-refractivity contribution in [3.8, 4) is 0 Å². The first-order valence-electron chi connectivity index (χ1n) is 6.10. The maximum Gasteiger partial charge on any atom is 0.350 e. The third kappa shape index (κ3) is 5.39. The Kier molecular flexibility index (Phi) is 7.24. The average molecular weight is 331 g/mol. The highest BCUT2D eigenvalue weighted by molar-refractivity contribution is 8.00. The second kappa shape index (κ2) is 8.68. The van der Waals surface area contributed by atoms with Crippen LogP contribution in [0.5, 0.6) is 0 Å². The Labute approximate surface area is 131 Å². The van der Waals surface area contributed by atoms with Crippen LogP contribution >= 0.6 is 23.1 Å². The zero-order valence-electron chi connectivity index (χ0n) is 12.0. The first kappa shape index (κ1) is 17.5. The summed E-state index contributed by atoms with van der Waals surface area (Å²) in [4.78, 5) is 34.8. The topological polar surface area (TPSA) is 81.7 Å². The summed E-state index contributed by atoms with van der Waals surface area (Å²) in [5.41, 5.74) is 0.443. The van der Waals surface area contributed by atoms with Crippen molar-refractivity contribution >= 4 is 46.6 Å². The monoisotopic (exact) mass is 331 g/mol. The summed E-state index contributed by atoms with van der Waals surface area (Å²) in [5.74, 6) is -0.591. The first-order chi connectivity index (χ1) is 9.99. The average Bonchev–Trinajstić information content (AvgIpc) is 2.93. The van der Waals surface area contributed by atoms with Crippen LogP contribution in [-0.2, 0) is 19.1 Å². The van der Waals surface area contributed by atoms with Crippen molar-refractivity contribution in [1.82, 2.24) is 0 Å². The second-order valence-electron chi connectivity index (χ2n) is 4.14. The molecule has 0 saturated heterocycles. The molecule has 0 aromatic carbocycles. The highest BCUT2D eigenvalue weighted by atomic mass is 32.2. The van der Waals surface area contributed by atoms with E-state index in [0.29, 0.717) is 16.3 Å².